The van der Waals surface area contributed by atoms with Crippen LogP contribution in [0.3, 0.4) is 0 Å². The average Bonchev–Trinajstić information content (AvgIpc) is 3.05. The zero-order valence-corrected chi connectivity index (χ0v) is 13.6. The Morgan fingerprint density at radius 1 is 1.29 bits per heavy atom. The van der Waals surface area contributed by atoms with E-state index in [2.05, 4.69) is 42.2 Å². The lowest BCUT2D eigenvalue weighted by molar-refractivity contribution is 0.494. The van der Waals surface area contributed by atoms with E-state index in [1.165, 1.54) is 43.7 Å². The molecule has 116 valence electrons. The van der Waals surface area contributed by atoms with Gasteiger partial charge < -0.3 is 10.2 Å². The van der Waals surface area contributed by atoms with Crippen LogP contribution in [-0.2, 0) is 6.54 Å². The van der Waals surface area contributed by atoms with Gasteiger partial charge in [0.15, 0.2) is 0 Å². The van der Waals surface area contributed by atoms with Crippen molar-refractivity contribution in [3.63, 3.8) is 0 Å². The molecule has 1 aromatic heterocycles. The van der Waals surface area contributed by atoms with Crippen molar-refractivity contribution in [2.75, 3.05) is 24.5 Å². The minimum absolute atomic E-state index is 0.386. The zero-order chi connectivity index (χ0) is 14.8. The smallest absolute Gasteiger partial charge is 0.131 e. The summed E-state index contributed by atoms with van der Waals surface area (Å²) < 4.78 is 0. The molecule has 2 aliphatic rings. The molecule has 0 aromatic carbocycles. The molecule has 21 heavy (non-hydrogen) atoms. The number of nitrogens with one attached hydrogen (secondary N) is 1. The summed E-state index contributed by atoms with van der Waals surface area (Å²) in [6, 6.07) is 0. The van der Waals surface area contributed by atoms with Crippen LogP contribution in [0.5, 0.6) is 0 Å². The highest BCUT2D eigenvalue weighted by Gasteiger charge is 2.37. The van der Waals surface area contributed by atoms with Gasteiger partial charge in [-0.15, -0.1) is 0 Å². The van der Waals surface area contributed by atoms with E-state index in [4.69, 9.17) is 4.98 Å². The van der Waals surface area contributed by atoms with Gasteiger partial charge in [-0.2, -0.15) is 0 Å². The zero-order valence-electron chi connectivity index (χ0n) is 13.6. The van der Waals surface area contributed by atoms with Crippen molar-refractivity contribution in [2.24, 2.45) is 11.8 Å². The second-order valence-corrected chi connectivity index (χ2v) is 6.85. The summed E-state index contributed by atoms with van der Waals surface area (Å²) in [7, 11) is 0. The number of aromatic nitrogens is 2. The van der Waals surface area contributed by atoms with E-state index in [9.17, 15) is 0 Å². The number of hydrogen-bond donors (Lipinski definition) is 1. The van der Waals surface area contributed by atoms with Gasteiger partial charge in [0.1, 0.15) is 5.82 Å². The molecule has 1 saturated carbocycles. The van der Waals surface area contributed by atoms with Gasteiger partial charge in [-0.05, 0) is 31.2 Å². The van der Waals surface area contributed by atoms with Crippen LogP contribution in [0.4, 0.5) is 5.69 Å². The summed E-state index contributed by atoms with van der Waals surface area (Å²) in [6.07, 6.45) is 6.32. The molecule has 1 aromatic rings. The highest BCUT2D eigenvalue weighted by molar-refractivity contribution is 5.50. The Labute approximate surface area is 128 Å². The average molecular weight is 288 g/mol. The Morgan fingerprint density at radius 3 is 2.62 bits per heavy atom. The summed E-state index contributed by atoms with van der Waals surface area (Å²) in [5.74, 6) is 3.16. The van der Waals surface area contributed by atoms with E-state index in [-0.39, 0.29) is 0 Å². The highest BCUT2D eigenvalue weighted by Crippen LogP contribution is 2.40. The Hall–Kier alpha value is -1.16. The summed E-state index contributed by atoms with van der Waals surface area (Å²) in [5, 5.41) is 3.43. The number of fused-ring (bicyclic) bond motifs is 1. The Kier molecular flexibility index (Phi) is 4.43. The minimum Gasteiger partial charge on any atom is -0.368 e. The quantitative estimate of drug-likeness (QED) is 0.904. The molecule has 2 heterocycles. The fraction of sp³-hybridized carbons (Fsp3) is 0.765. The molecule has 3 rings (SSSR count). The Balaban J connectivity index is 1.83. The van der Waals surface area contributed by atoms with Gasteiger partial charge >= 0.3 is 0 Å². The molecular formula is C17H28N4. The lowest BCUT2D eigenvalue weighted by Crippen LogP contribution is -2.25. The van der Waals surface area contributed by atoms with Crippen molar-refractivity contribution in [2.45, 2.75) is 52.5 Å². The Morgan fingerprint density at radius 2 is 2.00 bits per heavy atom. The van der Waals surface area contributed by atoms with Crippen molar-refractivity contribution in [3.05, 3.63) is 17.7 Å². The van der Waals surface area contributed by atoms with Gasteiger partial charge in [0, 0.05) is 25.6 Å². The molecule has 4 nitrogen and oxygen atoms in total. The minimum atomic E-state index is 0.386. The normalized spacial score (nSPS) is 24.9. The first-order chi connectivity index (χ1) is 10.2. The van der Waals surface area contributed by atoms with Gasteiger partial charge in [0.25, 0.3) is 0 Å². The number of nitrogens with zero attached hydrogens (tertiary/aromatic N) is 3. The summed E-state index contributed by atoms with van der Waals surface area (Å²) in [6.45, 7) is 10.7. The number of rotatable bonds is 5. The SMILES string of the molecule is CCNCc1nc(C(C)C)ncc1N1CC2CCCC2C1. The van der Waals surface area contributed by atoms with Crippen molar-refractivity contribution in [1.29, 1.82) is 0 Å². The van der Waals surface area contributed by atoms with Crippen LogP contribution < -0.4 is 10.2 Å². The van der Waals surface area contributed by atoms with Crippen LogP contribution >= 0.6 is 0 Å². The van der Waals surface area contributed by atoms with Gasteiger partial charge in [0.05, 0.1) is 17.6 Å². The third-order valence-corrected chi connectivity index (χ3v) is 4.99. The molecule has 0 spiro atoms. The van der Waals surface area contributed by atoms with Gasteiger partial charge in [-0.25, -0.2) is 9.97 Å². The first-order valence-corrected chi connectivity index (χ1v) is 8.50. The van der Waals surface area contributed by atoms with Crippen molar-refractivity contribution >= 4 is 5.69 Å². The Bertz CT molecular complexity index is 474. The second-order valence-electron chi connectivity index (χ2n) is 6.85. The predicted molar refractivity (Wildman–Crippen MR) is 86.5 cm³/mol. The molecule has 0 bridgehead atoms. The number of anilines is 1. The van der Waals surface area contributed by atoms with Crippen LogP contribution in [0.1, 0.15) is 57.5 Å². The number of hydrogen-bond acceptors (Lipinski definition) is 4. The van der Waals surface area contributed by atoms with Crippen molar-refractivity contribution in [1.82, 2.24) is 15.3 Å². The summed E-state index contributed by atoms with van der Waals surface area (Å²) in [5.41, 5.74) is 2.44. The molecule has 1 aliphatic heterocycles. The molecule has 1 aliphatic carbocycles. The third kappa shape index (κ3) is 3.05. The van der Waals surface area contributed by atoms with E-state index in [0.717, 1.165) is 30.7 Å². The van der Waals surface area contributed by atoms with E-state index in [1.54, 1.807) is 0 Å². The van der Waals surface area contributed by atoms with E-state index in [1.807, 2.05) is 0 Å². The fourth-order valence-electron chi connectivity index (χ4n) is 3.77. The highest BCUT2D eigenvalue weighted by atomic mass is 15.2. The first kappa shape index (κ1) is 14.8. The molecule has 1 saturated heterocycles. The third-order valence-electron chi connectivity index (χ3n) is 4.99. The maximum Gasteiger partial charge on any atom is 0.131 e. The summed E-state index contributed by atoms with van der Waals surface area (Å²) >= 11 is 0. The van der Waals surface area contributed by atoms with E-state index >= 15 is 0 Å². The van der Waals surface area contributed by atoms with Gasteiger partial charge in [-0.1, -0.05) is 27.2 Å². The predicted octanol–water partition coefficient (Wildman–Crippen LogP) is 2.95. The first-order valence-electron chi connectivity index (χ1n) is 8.50. The van der Waals surface area contributed by atoms with Crippen LogP contribution in [0.25, 0.3) is 0 Å². The van der Waals surface area contributed by atoms with Crippen molar-refractivity contribution in [3.8, 4) is 0 Å². The lowest BCUT2D eigenvalue weighted by atomic mass is 10.0. The molecule has 0 amide bonds. The molecule has 4 heteroatoms. The van der Waals surface area contributed by atoms with Crippen LogP contribution in [0.2, 0.25) is 0 Å². The van der Waals surface area contributed by atoms with E-state index in [0.29, 0.717) is 5.92 Å². The molecule has 2 atom stereocenters. The van der Waals surface area contributed by atoms with Crippen molar-refractivity contribution < 1.29 is 0 Å². The van der Waals surface area contributed by atoms with Crippen LogP contribution in [-0.4, -0.2) is 29.6 Å². The monoisotopic (exact) mass is 288 g/mol. The van der Waals surface area contributed by atoms with Crippen LogP contribution in [0.15, 0.2) is 6.20 Å². The molecular weight excluding hydrogens is 260 g/mol. The lowest BCUT2D eigenvalue weighted by Gasteiger charge is -2.23. The second kappa shape index (κ2) is 6.30. The molecule has 0 radical (unpaired) electrons. The topological polar surface area (TPSA) is 41.1 Å². The van der Waals surface area contributed by atoms with E-state index < -0.39 is 0 Å². The van der Waals surface area contributed by atoms with Crippen LogP contribution in [0, 0.1) is 11.8 Å². The van der Waals surface area contributed by atoms with Gasteiger partial charge in [0.2, 0.25) is 0 Å². The molecule has 2 unspecified atom stereocenters. The largest absolute Gasteiger partial charge is 0.368 e. The maximum atomic E-state index is 4.83. The fourth-order valence-corrected chi connectivity index (χ4v) is 3.77. The molecule has 2 fully saturated rings. The maximum absolute atomic E-state index is 4.83. The molecule has 1 N–H and O–H groups in total. The standard InChI is InChI=1S/C17H28N4/c1-4-18-8-15-16(9-19-17(20-15)12(2)3)21-10-13-6-5-7-14(13)11-21/h9,12-14,18H,4-8,10-11H2,1-3H3. The summed E-state index contributed by atoms with van der Waals surface area (Å²) in [4.78, 5) is 12.0. The van der Waals surface area contributed by atoms with Gasteiger partial charge in [-0.3, -0.25) is 0 Å².